The maximum absolute atomic E-state index is 13.0. The van der Waals surface area contributed by atoms with Gasteiger partial charge in [0.05, 0.1) is 30.6 Å². The number of piperidine rings is 1. The third kappa shape index (κ3) is 4.20. The summed E-state index contributed by atoms with van der Waals surface area (Å²) in [7, 11) is 0. The van der Waals surface area contributed by atoms with Crippen LogP contribution in [0.1, 0.15) is 36.0 Å². The molecule has 1 unspecified atom stereocenters. The molecule has 10 nitrogen and oxygen atoms in total. The number of fused-ring (bicyclic) bond motifs is 1. The van der Waals surface area contributed by atoms with Crippen molar-refractivity contribution in [1.82, 2.24) is 14.8 Å². The number of aromatic nitrogens is 1. The molecule has 3 N–H and O–H groups in total. The lowest BCUT2D eigenvalue weighted by molar-refractivity contribution is -0.144. The van der Waals surface area contributed by atoms with Gasteiger partial charge in [0, 0.05) is 25.3 Å². The Morgan fingerprint density at radius 1 is 1.26 bits per heavy atom. The lowest BCUT2D eigenvalue weighted by atomic mass is 9.96. The van der Waals surface area contributed by atoms with Crippen molar-refractivity contribution >= 4 is 34.6 Å². The number of carbonyl (C=O) groups is 3. The van der Waals surface area contributed by atoms with Gasteiger partial charge < -0.3 is 30.0 Å². The first-order chi connectivity index (χ1) is 14.8. The Kier molecular flexibility index (Phi) is 5.81. The molecule has 4 amide bonds. The number of morpholine rings is 1. The lowest BCUT2D eigenvalue weighted by Gasteiger charge is -2.39. The number of likely N-dealkylation sites (tertiary alicyclic amines) is 1. The lowest BCUT2D eigenvalue weighted by Crippen LogP contribution is -2.53. The van der Waals surface area contributed by atoms with Crippen molar-refractivity contribution in [3.05, 3.63) is 23.6 Å². The summed E-state index contributed by atoms with van der Waals surface area (Å²) in [5.41, 5.74) is 6.59. The van der Waals surface area contributed by atoms with Gasteiger partial charge in [-0.2, -0.15) is 0 Å². The molecule has 2 fully saturated rings. The van der Waals surface area contributed by atoms with Gasteiger partial charge in [0.25, 0.3) is 5.91 Å². The van der Waals surface area contributed by atoms with Gasteiger partial charge >= 0.3 is 6.03 Å². The summed E-state index contributed by atoms with van der Waals surface area (Å²) in [5.74, 6) is -1.15. The van der Waals surface area contributed by atoms with E-state index in [1.807, 2.05) is 11.8 Å². The second-order valence-corrected chi connectivity index (χ2v) is 8.15. The van der Waals surface area contributed by atoms with Crippen molar-refractivity contribution in [2.24, 2.45) is 11.7 Å². The van der Waals surface area contributed by atoms with E-state index >= 15 is 0 Å². The minimum absolute atomic E-state index is 0.0248. The summed E-state index contributed by atoms with van der Waals surface area (Å²) in [4.78, 5) is 45.6. The monoisotopic (exact) mass is 429 g/mol. The molecule has 166 valence electrons. The van der Waals surface area contributed by atoms with Crippen molar-refractivity contribution in [3.63, 3.8) is 0 Å². The zero-order chi connectivity index (χ0) is 22.1. The van der Waals surface area contributed by atoms with Gasteiger partial charge in [0.1, 0.15) is 5.69 Å². The Morgan fingerprint density at radius 3 is 2.81 bits per heavy atom. The molecule has 0 bridgehead atoms. The minimum Gasteiger partial charge on any atom is -0.430 e. The van der Waals surface area contributed by atoms with Crippen LogP contribution >= 0.6 is 0 Å². The smallest absolute Gasteiger partial charge is 0.321 e. The van der Waals surface area contributed by atoms with Gasteiger partial charge in [0.15, 0.2) is 0 Å². The number of nitrogens with one attached hydrogen (secondary N) is 1. The van der Waals surface area contributed by atoms with Gasteiger partial charge in [-0.1, -0.05) is 0 Å². The molecule has 31 heavy (non-hydrogen) atoms. The number of furan rings is 1. The third-order valence-electron chi connectivity index (χ3n) is 5.86. The molecule has 10 heteroatoms. The average Bonchev–Trinajstić information content (AvgIpc) is 3.11. The largest absolute Gasteiger partial charge is 0.430 e. The number of primary amides is 1. The highest BCUT2D eigenvalue weighted by Gasteiger charge is 2.34. The summed E-state index contributed by atoms with van der Waals surface area (Å²) >= 11 is 0. The topological polar surface area (TPSA) is 131 Å². The van der Waals surface area contributed by atoms with Crippen LogP contribution in [0.25, 0.3) is 11.1 Å². The number of urea groups is 1. The average molecular weight is 429 g/mol. The molecular weight excluding hydrogens is 402 g/mol. The van der Waals surface area contributed by atoms with Crippen LogP contribution in [-0.2, 0) is 9.53 Å². The van der Waals surface area contributed by atoms with Crippen LogP contribution in [0.5, 0.6) is 0 Å². The van der Waals surface area contributed by atoms with Crippen LogP contribution in [-0.4, -0.2) is 71.5 Å². The summed E-state index contributed by atoms with van der Waals surface area (Å²) in [6, 6.07) is 3.11. The van der Waals surface area contributed by atoms with E-state index in [0.717, 1.165) is 12.8 Å². The molecule has 0 radical (unpaired) electrons. The molecule has 2 aromatic heterocycles. The second kappa shape index (κ2) is 8.54. The molecule has 2 aromatic rings. The van der Waals surface area contributed by atoms with Crippen LogP contribution < -0.4 is 11.1 Å². The molecule has 2 aliphatic heterocycles. The molecule has 0 spiro atoms. The number of anilines is 1. The van der Waals surface area contributed by atoms with E-state index in [4.69, 9.17) is 14.9 Å². The number of carbonyl (C=O) groups excluding carboxylic acids is 3. The van der Waals surface area contributed by atoms with Gasteiger partial charge in [-0.15, -0.1) is 0 Å². The van der Waals surface area contributed by atoms with Crippen molar-refractivity contribution in [3.8, 4) is 0 Å². The van der Waals surface area contributed by atoms with E-state index in [1.165, 1.54) is 0 Å². The maximum atomic E-state index is 13.0. The molecule has 4 heterocycles. The molecule has 2 saturated heterocycles. The Balaban J connectivity index is 1.50. The number of nitrogens with two attached hydrogens (primary N) is 1. The highest BCUT2D eigenvalue weighted by molar-refractivity contribution is 6.09. The fraction of sp³-hybridized carbons (Fsp3) is 0.524. The third-order valence-corrected chi connectivity index (χ3v) is 5.86. The van der Waals surface area contributed by atoms with Crippen LogP contribution in [0, 0.1) is 12.8 Å². The van der Waals surface area contributed by atoms with Crippen LogP contribution in [0.3, 0.4) is 0 Å². The normalized spacial score (nSPS) is 21.9. The number of nitrogens with zero attached hydrogens (tertiary/aromatic N) is 3. The Labute approximate surface area is 179 Å². The van der Waals surface area contributed by atoms with Crippen molar-refractivity contribution in [2.75, 3.05) is 38.2 Å². The van der Waals surface area contributed by atoms with Crippen LogP contribution in [0.15, 0.2) is 16.5 Å². The number of rotatable bonds is 3. The standard InChI is InChI=1S/C21H27N5O5/c1-12-5-6-15-16(17(18(22)27)31-19(15)23-12)24-21(29)25-7-3-4-14(10-25)20(28)26-8-9-30-11-13(26)2/h5-6,13-14H,3-4,7-11H2,1-2H3,(H2,22,27)(H,24,29)/t13-,14?/m0/s1. The summed E-state index contributed by atoms with van der Waals surface area (Å²) in [6.07, 6.45) is 1.45. The zero-order valence-corrected chi connectivity index (χ0v) is 17.7. The summed E-state index contributed by atoms with van der Waals surface area (Å²) < 4.78 is 10.9. The molecule has 0 aromatic carbocycles. The van der Waals surface area contributed by atoms with E-state index in [-0.39, 0.29) is 35.0 Å². The molecule has 2 aliphatic rings. The highest BCUT2D eigenvalue weighted by atomic mass is 16.5. The summed E-state index contributed by atoms with van der Waals surface area (Å²) in [5, 5.41) is 3.26. The maximum Gasteiger partial charge on any atom is 0.321 e. The predicted molar refractivity (Wildman–Crippen MR) is 113 cm³/mol. The van der Waals surface area contributed by atoms with E-state index in [2.05, 4.69) is 10.3 Å². The Bertz CT molecular complexity index is 1020. The van der Waals surface area contributed by atoms with Gasteiger partial charge in [0.2, 0.25) is 17.4 Å². The predicted octanol–water partition coefficient (Wildman–Crippen LogP) is 1.73. The summed E-state index contributed by atoms with van der Waals surface area (Å²) in [6.45, 7) is 6.22. The number of hydrogen-bond acceptors (Lipinski definition) is 6. The van der Waals surface area contributed by atoms with E-state index in [0.29, 0.717) is 43.9 Å². The quantitative estimate of drug-likeness (QED) is 0.764. The highest BCUT2D eigenvalue weighted by Crippen LogP contribution is 2.31. The molecule has 4 rings (SSSR count). The number of ether oxygens (including phenoxy) is 1. The fourth-order valence-corrected chi connectivity index (χ4v) is 4.21. The van der Waals surface area contributed by atoms with Crippen molar-refractivity contribution in [2.45, 2.75) is 32.7 Å². The minimum atomic E-state index is -0.793. The first-order valence-electron chi connectivity index (χ1n) is 10.5. The molecule has 0 saturated carbocycles. The number of hydrogen-bond donors (Lipinski definition) is 2. The zero-order valence-electron chi connectivity index (χ0n) is 17.7. The first-order valence-corrected chi connectivity index (χ1v) is 10.5. The van der Waals surface area contributed by atoms with Gasteiger partial charge in [-0.3, -0.25) is 9.59 Å². The van der Waals surface area contributed by atoms with Gasteiger partial charge in [-0.25, -0.2) is 9.78 Å². The number of aryl methyl sites for hydroxylation is 1. The second-order valence-electron chi connectivity index (χ2n) is 8.15. The number of pyridine rings is 1. The fourth-order valence-electron chi connectivity index (χ4n) is 4.21. The Morgan fingerprint density at radius 2 is 2.06 bits per heavy atom. The van der Waals surface area contributed by atoms with E-state index < -0.39 is 11.9 Å². The van der Waals surface area contributed by atoms with E-state index in [9.17, 15) is 14.4 Å². The van der Waals surface area contributed by atoms with Crippen LogP contribution in [0.4, 0.5) is 10.5 Å². The first kappa shape index (κ1) is 21.1. The SMILES string of the molecule is Cc1ccc2c(NC(=O)N3CCCC(C(=O)N4CCOC[C@@H]4C)C3)c(C(N)=O)oc2n1. The Hall–Kier alpha value is -3.14. The molecule has 0 aliphatic carbocycles. The van der Waals surface area contributed by atoms with E-state index in [1.54, 1.807) is 24.0 Å². The number of amides is 4. The van der Waals surface area contributed by atoms with Gasteiger partial charge in [-0.05, 0) is 38.8 Å². The van der Waals surface area contributed by atoms with Crippen LogP contribution in [0.2, 0.25) is 0 Å². The molecule has 2 atom stereocenters. The van der Waals surface area contributed by atoms with Crippen molar-refractivity contribution < 1.29 is 23.5 Å². The molecular formula is C21H27N5O5. The van der Waals surface area contributed by atoms with Crippen molar-refractivity contribution in [1.29, 1.82) is 0 Å².